The Labute approximate surface area is 172 Å². The first-order valence-electron chi connectivity index (χ1n) is 9.98. The van der Waals surface area contributed by atoms with Crippen LogP contribution in [-0.4, -0.2) is 33.6 Å². The lowest BCUT2D eigenvalue weighted by molar-refractivity contribution is -0.121. The van der Waals surface area contributed by atoms with Crippen LogP contribution >= 0.6 is 0 Å². The lowest BCUT2D eigenvalue weighted by Gasteiger charge is -2.15. The van der Waals surface area contributed by atoms with E-state index in [-0.39, 0.29) is 22.9 Å². The van der Waals surface area contributed by atoms with E-state index in [1.807, 2.05) is 37.3 Å². The van der Waals surface area contributed by atoms with Crippen molar-refractivity contribution < 1.29 is 17.9 Å². The molecule has 1 aliphatic heterocycles. The van der Waals surface area contributed by atoms with Gasteiger partial charge in [0.15, 0.2) is 0 Å². The van der Waals surface area contributed by atoms with Crippen molar-refractivity contribution >= 4 is 15.9 Å². The normalized spacial score (nSPS) is 17.8. The number of amides is 1. The van der Waals surface area contributed by atoms with Gasteiger partial charge < -0.3 is 10.1 Å². The van der Waals surface area contributed by atoms with Gasteiger partial charge in [-0.15, -0.1) is 0 Å². The molecule has 0 saturated carbocycles. The lowest BCUT2D eigenvalue weighted by atomic mass is 10.1. The van der Waals surface area contributed by atoms with Crippen LogP contribution in [0.25, 0.3) is 0 Å². The zero-order valence-corrected chi connectivity index (χ0v) is 17.5. The first-order chi connectivity index (χ1) is 13.9. The summed E-state index contributed by atoms with van der Waals surface area (Å²) in [5, 5.41) is 2.90. The van der Waals surface area contributed by atoms with Gasteiger partial charge in [0.05, 0.1) is 11.0 Å². The molecule has 6 nitrogen and oxygen atoms in total. The van der Waals surface area contributed by atoms with Crippen LogP contribution in [-0.2, 0) is 26.0 Å². The van der Waals surface area contributed by atoms with E-state index in [1.165, 1.54) is 0 Å². The first kappa shape index (κ1) is 21.5. The Morgan fingerprint density at radius 2 is 1.86 bits per heavy atom. The van der Waals surface area contributed by atoms with Gasteiger partial charge in [0, 0.05) is 25.6 Å². The highest BCUT2D eigenvalue weighted by Gasteiger charge is 2.19. The zero-order chi connectivity index (χ0) is 20.7. The smallest absolute Gasteiger partial charge is 0.241 e. The molecule has 0 unspecified atom stereocenters. The molecule has 2 N–H and O–H groups in total. The number of nitrogens with one attached hydrogen (secondary N) is 2. The number of aryl methyl sites for hydroxylation is 1. The molecule has 0 aliphatic carbocycles. The molecule has 0 spiro atoms. The second-order valence-corrected chi connectivity index (χ2v) is 9.05. The third-order valence-corrected chi connectivity index (χ3v) is 6.61. The molecule has 3 rings (SSSR count). The van der Waals surface area contributed by atoms with Gasteiger partial charge in [-0.05, 0) is 49.4 Å². The molecule has 2 atom stereocenters. The van der Waals surface area contributed by atoms with E-state index < -0.39 is 10.0 Å². The van der Waals surface area contributed by atoms with Gasteiger partial charge in [0.2, 0.25) is 15.9 Å². The Balaban J connectivity index is 1.50. The molecule has 1 amide bonds. The van der Waals surface area contributed by atoms with Crippen molar-refractivity contribution in [3.05, 3.63) is 65.7 Å². The molecule has 0 aromatic heterocycles. The highest BCUT2D eigenvalue weighted by atomic mass is 32.2. The summed E-state index contributed by atoms with van der Waals surface area (Å²) in [4.78, 5) is 12.2. The van der Waals surface area contributed by atoms with E-state index in [1.54, 1.807) is 24.3 Å². The molecule has 1 saturated heterocycles. The number of carbonyl (C=O) groups is 1. The average Bonchev–Trinajstić information content (AvgIpc) is 3.25. The van der Waals surface area contributed by atoms with Gasteiger partial charge in [0.1, 0.15) is 0 Å². The van der Waals surface area contributed by atoms with Crippen LogP contribution in [0.2, 0.25) is 0 Å². The fraction of sp³-hybridized carbons (Fsp3) is 0.409. The molecule has 7 heteroatoms. The van der Waals surface area contributed by atoms with Crippen LogP contribution < -0.4 is 10.0 Å². The van der Waals surface area contributed by atoms with E-state index in [0.717, 1.165) is 30.6 Å². The Kier molecular flexibility index (Phi) is 7.41. The molecule has 1 heterocycles. The van der Waals surface area contributed by atoms with Gasteiger partial charge in [-0.25, -0.2) is 13.1 Å². The van der Waals surface area contributed by atoms with Crippen LogP contribution in [0.4, 0.5) is 0 Å². The van der Waals surface area contributed by atoms with Crippen LogP contribution in [0.15, 0.2) is 59.5 Å². The minimum Gasteiger partial charge on any atom is -0.376 e. The summed E-state index contributed by atoms with van der Waals surface area (Å²) in [5.74, 6) is -0.0180. The van der Waals surface area contributed by atoms with E-state index in [9.17, 15) is 13.2 Å². The highest BCUT2D eigenvalue weighted by Crippen LogP contribution is 2.18. The van der Waals surface area contributed by atoms with Crippen LogP contribution in [0.5, 0.6) is 0 Å². The Hall–Kier alpha value is -2.22. The van der Waals surface area contributed by atoms with Crippen molar-refractivity contribution in [2.45, 2.75) is 49.6 Å². The van der Waals surface area contributed by atoms with Gasteiger partial charge in [0.25, 0.3) is 0 Å². The predicted molar refractivity (Wildman–Crippen MR) is 112 cm³/mol. The number of ether oxygens (including phenoxy) is 1. The summed E-state index contributed by atoms with van der Waals surface area (Å²) in [6.07, 6.45) is 3.10. The third kappa shape index (κ3) is 6.39. The molecule has 2 aromatic rings. The largest absolute Gasteiger partial charge is 0.376 e. The fourth-order valence-corrected chi connectivity index (χ4v) is 4.56. The van der Waals surface area contributed by atoms with Crippen molar-refractivity contribution in [1.82, 2.24) is 10.0 Å². The number of carbonyl (C=O) groups excluding carboxylic acids is 1. The van der Waals surface area contributed by atoms with Crippen molar-refractivity contribution in [2.24, 2.45) is 0 Å². The predicted octanol–water partition coefficient (Wildman–Crippen LogP) is 2.95. The van der Waals surface area contributed by atoms with Crippen molar-refractivity contribution in [2.75, 3.05) is 13.2 Å². The van der Waals surface area contributed by atoms with Crippen LogP contribution in [0, 0.1) is 0 Å². The Morgan fingerprint density at radius 1 is 1.14 bits per heavy atom. The standard InChI is InChI=1S/C22H28N2O4S/c1-17(19-6-3-2-4-7-19)24-29(26,27)21-12-9-18(10-13-21)11-14-22(25)23-16-20-8-5-15-28-20/h2-4,6-7,9-10,12-13,17,20,24H,5,8,11,14-16H2,1H3,(H,23,25)/t17-,20+/m1/s1. The summed E-state index contributed by atoms with van der Waals surface area (Å²) < 4.78 is 33.4. The minimum absolute atomic E-state index is 0.0180. The summed E-state index contributed by atoms with van der Waals surface area (Å²) in [6.45, 7) is 3.15. The van der Waals surface area contributed by atoms with Gasteiger partial charge in [-0.1, -0.05) is 42.5 Å². The maximum atomic E-state index is 12.6. The number of sulfonamides is 1. The number of rotatable bonds is 9. The molecule has 2 aromatic carbocycles. The van der Waals surface area contributed by atoms with E-state index in [0.29, 0.717) is 19.4 Å². The molecule has 0 radical (unpaired) electrons. The average molecular weight is 417 g/mol. The SMILES string of the molecule is C[C@@H](NS(=O)(=O)c1ccc(CCC(=O)NC[C@@H]2CCCO2)cc1)c1ccccc1. The quantitative estimate of drug-likeness (QED) is 0.658. The summed E-state index contributed by atoms with van der Waals surface area (Å²) >= 11 is 0. The van der Waals surface area contributed by atoms with E-state index >= 15 is 0 Å². The maximum Gasteiger partial charge on any atom is 0.241 e. The molecular formula is C22H28N2O4S. The lowest BCUT2D eigenvalue weighted by Crippen LogP contribution is -2.31. The van der Waals surface area contributed by atoms with Gasteiger partial charge in [-0.3, -0.25) is 4.79 Å². The fourth-order valence-electron chi connectivity index (χ4n) is 3.33. The first-order valence-corrected chi connectivity index (χ1v) is 11.5. The Morgan fingerprint density at radius 3 is 2.52 bits per heavy atom. The summed E-state index contributed by atoms with van der Waals surface area (Å²) in [7, 11) is -3.62. The molecule has 0 bridgehead atoms. The molecule has 156 valence electrons. The monoisotopic (exact) mass is 416 g/mol. The molecule has 1 fully saturated rings. The van der Waals surface area contributed by atoms with Crippen molar-refractivity contribution in [1.29, 1.82) is 0 Å². The molecular weight excluding hydrogens is 388 g/mol. The number of hydrogen-bond donors (Lipinski definition) is 2. The second-order valence-electron chi connectivity index (χ2n) is 7.34. The van der Waals surface area contributed by atoms with Crippen LogP contribution in [0.1, 0.15) is 43.4 Å². The van der Waals surface area contributed by atoms with Gasteiger partial charge in [-0.2, -0.15) is 0 Å². The topological polar surface area (TPSA) is 84.5 Å². The van der Waals surface area contributed by atoms with E-state index in [2.05, 4.69) is 10.0 Å². The second kappa shape index (κ2) is 10.0. The van der Waals surface area contributed by atoms with Gasteiger partial charge >= 0.3 is 0 Å². The number of hydrogen-bond acceptors (Lipinski definition) is 4. The Bertz CT molecular complexity index is 892. The van der Waals surface area contributed by atoms with Crippen LogP contribution in [0.3, 0.4) is 0 Å². The summed E-state index contributed by atoms with van der Waals surface area (Å²) in [5.41, 5.74) is 1.83. The molecule has 1 aliphatic rings. The minimum atomic E-state index is -3.62. The third-order valence-electron chi connectivity index (χ3n) is 5.06. The zero-order valence-electron chi connectivity index (χ0n) is 16.6. The van der Waals surface area contributed by atoms with Crippen molar-refractivity contribution in [3.8, 4) is 0 Å². The summed E-state index contributed by atoms with van der Waals surface area (Å²) in [6, 6.07) is 15.8. The molecule has 29 heavy (non-hydrogen) atoms. The van der Waals surface area contributed by atoms with E-state index in [4.69, 9.17) is 4.74 Å². The number of benzene rings is 2. The maximum absolute atomic E-state index is 12.6. The highest BCUT2D eigenvalue weighted by molar-refractivity contribution is 7.89. The van der Waals surface area contributed by atoms with Crippen molar-refractivity contribution in [3.63, 3.8) is 0 Å².